The Balaban J connectivity index is 0. The van der Waals surface area contributed by atoms with E-state index in [1.807, 2.05) is 34.2 Å². The highest BCUT2D eigenvalue weighted by Crippen LogP contribution is 2.11. The van der Waals surface area contributed by atoms with E-state index in [9.17, 15) is 0 Å². The quantitative estimate of drug-likeness (QED) is 0.318. The molecule has 0 aromatic carbocycles. The predicted molar refractivity (Wildman–Crippen MR) is 92.8 cm³/mol. The molecule has 0 bridgehead atoms. The molecule has 0 aliphatic rings. The van der Waals surface area contributed by atoms with Gasteiger partial charge in [0.25, 0.3) is 0 Å². The fourth-order valence-electron chi connectivity index (χ4n) is 1.28. The van der Waals surface area contributed by atoms with Gasteiger partial charge in [0.2, 0.25) is 0 Å². The van der Waals surface area contributed by atoms with Gasteiger partial charge in [-0.25, -0.2) is 0 Å². The average molecular weight is 377 g/mol. The van der Waals surface area contributed by atoms with Crippen molar-refractivity contribution in [3.63, 3.8) is 0 Å². The van der Waals surface area contributed by atoms with Gasteiger partial charge < -0.3 is 31.0 Å². The van der Waals surface area contributed by atoms with E-state index in [2.05, 4.69) is 12.6 Å². The molecule has 0 atom stereocenters. The minimum absolute atomic E-state index is 0.338. The summed E-state index contributed by atoms with van der Waals surface area (Å²) in [6.07, 6.45) is 0. The van der Waals surface area contributed by atoms with Gasteiger partial charge in [-0.05, 0) is 27.7 Å². The molecule has 0 rings (SSSR count). The Labute approximate surface area is 142 Å². The fourth-order valence-corrected chi connectivity index (χ4v) is 4.53. The number of hydrogen-bond donors (Lipinski definition) is 1. The fraction of sp³-hybridized carbons (Fsp3) is 1.00. The summed E-state index contributed by atoms with van der Waals surface area (Å²) in [5, 5.41) is 0. The van der Waals surface area contributed by atoms with Crippen LogP contribution in [0.2, 0.25) is 6.55 Å². The lowest BCUT2D eigenvalue weighted by molar-refractivity contribution is -0.0247. The van der Waals surface area contributed by atoms with Crippen molar-refractivity contribution in [2.45, 2.75) is 34.2 Å². The third-order valence-electron chi connectivity index (χ3n) is 2.35. The van der Waals surface area contributed by atoms with Crippen LogP contribution in [0, 0.1) is 0 Å². The molecule has 136 valence electrons. The maximum atomic E-state index is 5.42. The van der Waals surface area contributed by atoms with E-state index in [0.29, 0.717) is 32.4 Å². The van der Waals surface area contributed by atoms with Gasteiger partial charge in [-0.2, -0.15) is 12.6 Å². The van der Waals surface area contributed by atoms with E-state index >= 15 is 0 Å². The smallest absolute Gasteiger partial charge is 0.377 e. The van der Waals surface area contributed by atoms with Gasteiger partial charge in [-0.3, -0.25) is 0 Å². The van der Waals surface area contributed by atoms with Crippen LogP contribution in [0.15, 0.2) is 0 Å². The van der Waals surface area contributed by atoms with Gasteiger partial charge in [-0.15, -0.1) is 0 Å². The molecule has 0 fully saturated rings. The highest BCUT2D eigenvalue weighted by atomic mass is 32.1. The number of thiol groups is 1. The molecule has 0 unspecified atom stereocenters. The summed E-state index contributed by atoms with van der Waals surface area (Å²) in [7, 11) is -1.93. The van der Waals surface area contributed by atoms with E-state index in [0.717, 1.165) is 0 Å². The Hall–Kier alpha value is 0.504. The molecule has 0 heterocycles. The first kappa shape index (κ1) is 24.8. The average Bonchev–Trinajstić information content (AvgIpc) is 2.49. The molecule has 0 aliphatic carbocycles. The van der Waals surface area contributed by atoms with Crippen molar-refractivity contribution in [3.8, 4) is 0 Å². The van der Waals surface area contributed by atoms with Crippen LogP contribution in [0.5, 0.6) is 0 Å². The molecule has 0 saturated carbocycles. The highest BCUT2D eigenvalue weighted by Gasteiger charge is 2.44. The van der Waals surface area contributed by atoms with Crippen molar-refractivity contribution in [3.05, 3.63) is 0 Å². The minimum atomic E-state index is -2.80. The summed E-state index contributed by atoms with van der Waals surface area (Å²) in [6, 6.07) is 0. The molecule has 0 aliphatic heterocycles. The largest absolute Gasteiger partial charge is 0.679 e. The molecule has 0 aromatic heterocycles. The lowest BCUT2D eigenvalue weighted by Crippen LogP contribution is -2.49. The zero-order valence-electron chi connectivity index (χ0n) is 14.8. The maximum absolute atomic E-state index is 5.42. The van der Waals surface area contributed by atoms with Crippen LogP contribution < -0.4 is 0 Å². The molecular weight excluding hydrogens is 344 g/mol. The van der Waals surface area contributed by atoms with E-state index in [1.165, 1.54) is 0 Å². The van der Waals surface area contributed by atoms with Gasteiger partial charge in [0.1, 0.15) is 0 Å². The van der Waals surface area contributed by atoms with Crippen molar-refractivity contribution in [2.24, 2.45) is 0 Å². The highest BCUT2D eigenvalue weighted by molar-refractivity contribution is 7.80. The summed E-state index contributed by atoms with van der Waals surface area (Å²) in [5.41, 5.74) is 0. The molecule has 0 amide bonds. The van der Waals surface area contributed by atoms with E-state index < -0.39 is 17.9 Å². The first-order chi connectivity index (χ1) is 10.4. The summed E-state index contributed by atoms with van der Waals surface area (Å²) >= 11 is 3.87. The summed E-state index contributed by atoms with van der Waals surface area (Å²) < 4.78 is 36.7. The van der Waals surface area contributed by atoms with Crippen LogP contribution in [0.4, 0.5) is 0 Å². The second kappa shape index (κ2) is 15.1. The Bertz CT molecular complexity index is 216. The predicted octanol–water partition coefficient (Wildman–Crippen LogP) is 2.32. The van der Waals surface area contributed by atoms with Crippen LogP contribution in [0.3, 0.4) is 0 Å². The molecule has 0 N–H and O–H groups in total. The van der Waals surface area contributed by atoms with Gasteiger partial charge in [-0.1, -0.05) is 0 Å². The number of hydrogen-bond acceptors (Lipinski definition) is 8. The van der Waals surface area contributed by atoms with Crippen LogP contribution in [-0.2, 0) is 31.0 Å². The van der Waals surface area contributed by atoms with E-state index in [-0.39, 0.29) is 0 Å². The lowest BCUT2D eigenvalue weighted by atomic mass is 10.9. The summed E-state index contributed by atoms with van der Waals surface area (Å²) in [5.74, 6) is 0.338. The summed E-state index contributed by atoms with van der Waals surface area (Å²) in [4.78, 5) is 0. The monoisotopic (exact) mass is 376 g/mol. The third-order valence-corrected chi connectivity index (χ3v) is 7.45. The lowest BCUT2D eigenvalue weighted by Gasteiger charge is -2.26. The molecule has 22 heavy (non-hydrogen) atoms. The Morgan fingerprint density at radius 1 is 0.682 bits per heavy atom. The first-order valence-electron chi connectivity index (χ1n) is 7.33. The molecule has 0 radical (unpaired) electrons. The zero-order chi connectivity index (χ0) is 17.5. The Morgan fingerprint density at radius 3 is 1.14 bits per heavy atom. The molecule has 0 saturated heterocycles. The SMILES string of the molecule is CCO[Si](OCC)(OCC)OCC.CO[Si](C)(OC)OCS. The Kier molecular flexibility index (Phi) is 16.9. The minimum Gasteiger partial charge on any atom is -0.377 e. The third kappa shape index (κ3) is 11.1. The van der Waals surface area contributed by atoms with Crippen molar-refractivity contribution in [1.82, 2.24) is 0 Å². The van der Waals surface area contributed by atoms with Crippen LogP contribution in [-0.4, -0.2) is 64.4 Å². The van der Waals surface area contributed by atoms with Crippen LogP contribution >= 0.6 is 12.6 Å². The first-order valence-corrected chi connectivity index (χ1v) is 11.8. The van der Waals surface area contributed by atoms with Crippen molar-refractivity contribution < 1.29 is 31.0 Å². The van der Waals surface area contributed by atoms with Crippen LogP contribution in [0.1, 0.15) is 27.7 Å². The van der Waals surface area contributed by atoms with Gasteiger partial charge in [0.15, 0.2) is 0 Å². The van der Waals surface area contributed by atoms with Gasteiger partial charge >= 0.3 is 17.9 Å². The maximum Gasteiger partial charge on any atom is 0.679 e. The van der Waals surface area contributed by atoms with E-state index in [1.54, 1.807) is 14.2 Å². The van der Waals surface area contributed by atoms with E-state index in [4.69, 9.17) is 31.0 Å². The topological polar surface area (TPSA) is 64.6 Å². The summed E-state index contributed by atoms with van der Waals surface area (Å²) in [6.45, 7) is 11.6. The second-order valence-electron chi connectivity index (χ2n) is 3.78. The molecule has 10 heteroatoms. The molecular formula is C12H32O7SSi2. The van der Waals surface area contributed by atoms with Gasteiger partial charge in [0, 0.05) is 47.2 Å². The molecule has 0 spiro atoms. The second-order valence-corrected chi connectivity index (χ2v) is 9.02. The normalized spacial score (nSPS) is 12.0. The zero-order valence-corrected chi connectivity index (χ0v) is 17.7. The molecule has 0 aromatic rings. The Morgan fingerprint density at radius 2 is 1.00 bits per heavy atom. The van der Waals surface area contributed by atoms with Crippen molar-refractivity contribution in [2.75, 3.05) is 46.6 Å². The van der Waals surface area contributed by atoms with Crippen molar-refractivity contribution >= 4 is 30.5 Å². The van der Waals surface area contributed by atoms with Crippen molar-refractivity contribution in [1.29, 1.82) is 0 Å². The van der Waals surface area contributed by atoms with Crippen LogP contribution in [0.25, 0.3) is 0 Å². The standard InChI is InChI=1S/C8H20O4Si.C4H12O3SSi/c1-5-9-13(10-6-2,11-7-3)12-8-4;1-5-9(3,6-2)7-4-8/h5-8H2,1-4H3;8H,4H2,1-3H3. The van der Waals surface area contributed by atoms with Gasteiger partial charge in [0.05, 0.1) is 5.94 Å². The molecule has 7 nitrogen and oxygen atoms in total. The number of rotatable bonds is 12.